The van der Waals surface area contributed by atoms with E-state index in [4.69, 9.17) is 4.74 Å². The molecule has 4 heteroatoms. The Bertz CT molecular complexity index is 1000. The summed E-state index contributed by atoms with van der Waals surface area (Å²) in [5.74, 6) is 0.528. The van der Waals surface area contributed by atoms with Gasteiger partial charge in [-0.15, -0.1) is 0 Å². The van der Waals surface area contributed by atoms with E-state index in [1.54, 1.807) is 0 Å². The van der Waals surface area contributed by atoms with Crippen molar-refractivity contribution in [2.45, 2.75) is 71.4 Å². The van der Waals surface area contributed by atoms with Crippen LogP contribution < -0.4 is 5.32 Å². The number of piperidine rings is 3. The monoisotopic (exact) mass is 446 g/mol. The smallest absolute Gasteiger partial charge is 0.407 e. The van der Waals surface area contributed by atoms with Crippen LogP contribution in [-0.4, -0.2) is 36.7 Å². The Morgan fingerprint density at radius 3 is 2.48 bits per heavy atom. The zero-order valence-corrected chi connectivity index (χ0v) is 20.4. The first-order chi connectivity index (χ1) is 16.0. The quantitative estimate of drug-likeness (QED) is 0.579. The van der Waals surface area contributed by atoms with E-state index in [-0.39, 0.29) is 23.7 Å². The molecule has 3 fully saturated rings. The summed E-state index contributed by atoms with van der Waals surface area (Å²) in [7, 11) is 0. The minimum Gasteiger partial charge on any atom is -0.445 e. The maximum Gasteiger partial charge on any atom is 0.407 e. The molecule has 4 nitrogen and oxygen atoms in total. The van der Waals surface area contributed by atoms with Crippen LogP contribution in [0.5, 0.6) is 0 Å². The van der Waals surface area contributed by atoms with Crippen molar-refractivity contribution in [1.29, 1.82) is 0 Å². The van der Waals surface area contributed by atoms with Crippen LogP contribution in [0.15, 0.2) is 42.5 Å². The third-order valence-electron chi connectivity index (χ3n) is 8.80. The standard InChI is InChI=1S/C29H38N2O2/c1-4-20-8-7-9-22(16-20)23-10-11-25-24(17-23)18-29(5-2,6-3)27(25)30-28(32)33-26-19-31-14-12-21(26)13-15-31/h7-11,16-17,21,26-27H,4-6,12-15,18-19H2,1-3H3,(H,30,32)/t26-,27?/m1/s1. The molecular formula is C29H38N2O2. The summed E-state index contributed by atoms with van der Waals surface area (Å²) in [6.45, 7) is 9.92. The van der Waals surface area contributed by atoms with Crippen LogP contribution in [0.1, 0.15) is 69.2 Å². The van der Waals surface area contributed by atoms with Gasteiger partial charge < -0.3 is 10.1 Å². The molecular weight excluding hydrogens is 408 g/mol. The first-order valence-corrected chi connectivity index (χ1v) is 13.0. The molecule has 3 saturated heterocycles. The highest BCUT2D eigenvalue weighted by atomic mass is 16.6. The Morgan fingerprint density at radius 1 is 1.06 bits per heavy atom. The Balaban J connectivity index is 1.38. The third-order valence-corrected chi connectivity index (χ3v) is 8.80. The molecule has 33 heavy (non-hydrogen) atoms. The Morgan fingerprint density at radius 2 is 1.82 bits per heavy atom. The van der Waals surface area contributed by atoms with Crippen molar-refractivity contribution in [3.8, 4) is 11.1 Å². The summed E-state index contributed by atoms with van der Waals surface area (Å²) in [6.07, 6.45) is 6.22. The van der Waals surface area contributed by atoms with E-state index in [9.17, 15) is 4.79 Å². The van der Waals surface area contributed by atoms with E-state index in [1.807, 2.05) is 0 Å². The summed E-state index contributed by atoms with van der Waals surface area (Å²) in [5, 5.41) is 3.33. The molecule has 2 bridgehead atoms. The number of rotatable bonds is 6. The second-order valence-electron chi connectivity index (χ2n) is 10.4. The predicted octanol–water partition coefficient (Wildman–Crippen LogP) is 6.14. The summed E-state index contributed by atoms with van der Waals surface area (Å²) in [4.78, 5) is 15.5. The van der Waals surface area contributed by atoms with Crippen LogP contribution in [0.4, 0.5) is 4.79 Å². The molecule has 2 aromatic carbocycles. The van der Waals surface area contributed by atoms with Gasteiger partial charge in [-0.1, -0.05) is 63.2 Å². The van der Waals surface area contributed by atoms with Crippen molar-refractivity contribution in [3.63, 3.8) is 0 Å². The average Bonchev–Trinajstić information content (AvgIpc) is 3.17. The number of ether oxygens (including phenoxy) is 1. The van der Waals surface area contributed by atoms with Crippen molar-refractivity contribution >= 4 is 6.09 Å². The maximum absolute atomic E-state index is 13.1. The number of alkyl carbamates (subject to hydrolysis) is 1. The van der Waals surface area contributed by atoms with Gasteiger partial charge in [-0.05, 0) is 90.8 Å². The number of hydrogen-bond donors (Lipinski definition) is 1. The number of amides is 1. The van der Waals surface area contributed by atoms with Crippen LogP contribution >= 0.6 is 0 Å². The molecule has 0 radical (unpaired) electrons. The second-order valence-corrected chi connectivity index (χ2v) is 10.4. The summed E-state index contributed by atoms with van der Waals surface area (Å²) >= 11 is 0. The molecule has 0 saturated carbocycles. The van der Waals surface area contributed by atoms with Crippen molar-refractivity contribution in [3.05, 3.63) is 59.2 Å². The van der Waals surface area contributed by atoms with Crippen LogP contribution in [-0.2, 0) is 17.6 Å². The van der Waals surface area contributed by atoms with Gasteiger partial charge in [0.2, 0.25) is 0 Å². The van der Waals surface area contributed by atoms with E-state index in [2.05, 4.69) is 73.5 Å². The molecule has 3 heterocycles. The number of benzene rings is 2. The maximum atomic E-state index is 13.1. The first-order valence-electron chi connectivity index (χ1n) is 13.0. The van der Waals surface area contributed by atoms with E-state index in [1.165, 1.54) is 27.8 Å². The SMILES string of the molecule is CCc1cccc(-c2ccc3c(c2)CC(CC)(CC)C3NC(=O)O[C@@H]2CN3CCC2CC3)c1. The van der Waals surface area contributed by atoms with Crippen molar-refractivity contribution in [2.24, 2.45) is 11.3 Å². The molecule has 0 spiro atoms. The topological polar surface area (TPSA) is 41.6 Å². The number of carbonyl (C=O) groups is 1. The lowest BCUT2D eigenvalue weighted by Gasteiger charge is -2.44. The number of aryl methyl sites for hydroxylation is 1. The molecule has 1 amide bonds. The lowest BCUT2D eigenvalue weighted by Crippen LogP contribution is -2.53. The van der Waals surface area contributed by atoms with Gasteiger partial charge in [0.1, 0.15) is 6.10 Å². The fraction of sp³-hybridized carbons (Fsp3) is 0.552. The Labute approximate surface area is 198 Å². The van der Waals surface area contributed by atoms with E-state index >= 15 is 0 Å². The third kappa shape index (κ3) is 4.19. The van der Waals surface area contributed by atoms with E-state index in [0.717, 1.165) is 58.2 Å². The van der Waals surface area contributed by atoms with Crippen LogP contribution in [0.2, 0.25) is 0 Å². The van der Waals surface area contributed by atoms with Gasteiger partial charge in [-0.2, -0.15) is 0 Å². The highest BCUT2D eigenvalue weighted by molar-refractivity contribution is 5.70. The van der Waals surface area contributed by atoms with Crippen molar-refractivity contribution in [2.75, 3.05) is 19.6 Å². The zero-order valence-electron chi connectivity index (χ0n) is 20.4. The lowest BCUT2D eigenvalue weighted by molar-refractivity contribution is -0.0353. The Hall–Kier alpha value is -2.33. The predicted molar refractivity (Wildman–Crippen MR) is 133 cm³/mol. The summed E-state index contributed by atoms with van der Waals surface area (Å²) in [5.41, 5.74) is 6.57. The van der Waals surface area contributed by atoms with Gasteiger partial charge in [-0.3, -0.25) is 4.90 Å². The number of nitrogens with zero attached hydrogens (tertiary/aromatic N) is 1. The summed E-state index contributed by atoms with van der Waals surface area (Å²) < 4.78 is 6.01. The fourth-order valence-corrected chi connectivity index (χ4v) is 6.47. The van der Waals surface area contributed by atoms with Gasteiger partial charge >= 0.3 is 6.09 Å². The number of hydrogen-bond acceptors (Lipinski definition) is 3. The molecule has 176 valence electrons. The van der Waals surface area contributed by atoms with Crippen LogP contribution in [0.25, 0.3) is 11.1 Å². The Kier molecular flexibility index (Phi) is 6.22. The van der Waals surface area contributed by atoms with Crippen molar-refractivity contribution < 1.29 is 9.53 Å². The molecule has 2 atom stereocenters. The second kappa shape index (κ2) is 9.13. The first kappa shape index (κ1) is 22.5. The molecule has 1 N–H and O–H groups in total. The largest absolute Gasteiger partial charge is 0.445 e. The van der Waals surface area contributed by atoms with Crippen LogP contribution in [0.3, 0.4) is 0 Å². The molecule has 2 aromatic rings. The van der Waals surface area contributed by atoms with E-state index in [0.29, 0.717) is 5.92 Å². The highest BCUT2D eigenvalue weighted by Crippen LogP contribution is 2.51. The normalized spacial score (nSPS) is 27.2. The molecule has 3 aliphatic heterocycles. The zero-order chi connectivity index (χ0) is 23.0. The number of carbonyl (C=O) groups excluding carboxylic acids is 1. The van der Waals surface area contributed by atoms with Gasteiger partial charge in [0.15, 0.2) is 0 Å². The van der Waals surface area contributed by atoms with Gasteiger partial charge in [0, 0.05) is 6.54 Å². The molecule has 6 rings (SSSR count). The van der Waals surface area contributed by atoms with Gasteiger partial charge in [0.25, 0.3) is 0 Å². The fourth-order valence-electron chi connectivity index (χ4n) is 6.47. The number of nitrogens with one attached hydrogen (secondary N) is 1. The van der Waals surface area contributed by atoms with Gasteiger partial charge in [-0.25, -0.2) is 4.79 Å². The molecule has 0 aromatic heterocycles. The van der Waals surface area contributed by atoms with E-state index < -0.39 is 0 Å². The molecule has 1 aliphatic carbocycles. The summed E-state index contributed by atoms with van der Waals surface area (Å²) in [6, 6.07) is 15.7. The van der Waals surface area contributed by atoms with Crippen molar-refractivity contribution in [1.82, 2.24) is 10.2 Å². The molecule has 1 unspecified atom stereocenters. The van der Waals surface area contributed by atoms with Crippen LogP contribution in [0, 0.1) is 11.3 Å². The minimum atomic E-state index is -0.238. The highest BCUT2D eigenvalue weighted by Gasteiger charge is 2.45. The average molecular weight is 447 g/mol. The van der Waals surface area contributed by atoms with Gasteiger partial charge in [0.05, 0.1) is 6.04 Å². The molecule has 4 aliphatic rings. The lowest BCUT2D eigenvalue weighted by atomic mass is 9.76. The minimum absolute atomic E-state index is 0.00658. The number of fused-ring (bicyclic) bond motifs is 4.